The van der Waals surface area contributed by atoms with Crippen LogP contribution in [0.1, 0.15) is 45.5 Å². The van der Waals surface area contributed by atoms with Crippen molar-refractivity contribution in [3.05, 3.63) is 41.8 Å². The first kappa shape index (κ1) is 23.1. The predicted octanol–water partition coefficient (Wildman–Crippen LogP) is 0.904. The van der Waals surface area contributed by atoms with Crippen LogP contribution < -0.4 is 5.32 Å². The molecule has 0 aromatic heterocycles. The Hall–Kier alpha value is -2.62. The lowest BCUT2D eigenvalue weighted by Crippen LogP contribution is -2.54. The third-order valence-corrected chi connectivity index (χ3v) is 5.18. The number of nitrogens with one attached hydrogen (secondary N) is 1. The molecule has 9 nitrogen and oxygen atoms in total. The van der Waals surface area contributed by atoms with Gasteiger partial charge in [0.2, 0.25) is 11.8 Å². The van der Waals surface area contributed by atoms with Crippen molar-refractivity contribution in [2.75, 3.05) is 39.6 Å². The minimum Gasteiger partial charge on any atom is -0.379 e. The number of fused-ring (bicyclic) bond motifs is 1. The van der Waals surface area contributed by atoms with Crippen LogP contribution in [-0.4, -0.2) is 74.2 Å². The van der Waals surface area contributed by atoms with Crippen LogP contribution >= 0.6 is 0 Å². The van der Waals surface area contributed by atoms with Crippen molar-refractivity contribution in [3.63, 3.8) is 0 Å². The van der Waals surface area contributed by atoms with E-state index in [1.165, 1.54) is 0 Å². The van der Waals surface area contributed by atoms with Crippen LogP contribution in [0.15, 0.2) is 18.2 Å². The van der Waals surface area contributed by atoms with E-state index in [-0.39, 0.29) is 12.8 Å². The molecule has 1 aromatic rings. The second-order valence-electron chi connectivity index (χ2n) is 7.23. The molecule has 1 unspecified atom stereocenters. The summed E-state index contributed by atoms with van der Waals surface area (Å²) < 4.78 is 16.0. The lowest BCUT2D eigenvalue weighted by Gasteiger charge is -2.27. The third-order valence-electron chi connectivity index (χ3n) is 5.18. The Kier molecular flexibility index (Phi) is 8.27. The molecule has 1 aromatic carbocycles. The molecule has 1 saturated heterocycles. The number of hydrogen-bond donors (Lipinski definition) is 1. The Labute approximate surface area is 181 Å². The minimum atomic E-state index is -0.958. The van der Waals surface area contributed by atoms with Gasteiger partial charge in [-0.1, -0.05) is 12.1 Å². The molecule has 167 valence electrons. The van der Waals surface area contributed by atoms with Crippen LogP contribution in [0.5, 0.6) is 0 Å². The van der Waals surface area contributed by atoms with Crippen LogP contribution in [0.25, 0.3) is 0 Å². The Bertz CT molecular complexity index is 839. The molecule has 0 bridgehead atoms. The number of rotatable bonds is 12. The highest BCUT2D eigenvalue weighted by Crippen LogP contribution is 2.30. The summed E-state index contributed by atoms with van der Waals surface area (Å²) in [6.45, 7) is 6.40. The second kappa shape index (κ2) is 11.1. The Morgan fingerprint density at radius 2 is 1.68 bits per heavy atom. The smallest absolute Gasteiger partial charge is 0.262 e. The number of benzene rings is 1. The van der Waals surface area contributed by atoms with Gasteiger partial charge in [-0.05, 0) is 37.8 Å². The van der Waals surface area contributed by atoms with Gasteiger partial charge < -0.3 is 14.2 Å². The van der Waals surface area contributed by atoms with Crippen LogP contribution in [0.4, 0.5) is 0 Å². The SMILES string of the molecule is [CH2]COCCOCCOCCCc1cccc2c1C(=O)N(C1CCC(=O)NC1=O)C2=O. The van der Waals surface area contributed by atoms with Crippen molar-refractivity contribution in [1.82, 2.24) is 10.2 Å². The topological polar surface area (TPSA) is 111 Å². The highest BCUT2D eigenvalue weighted by molar-refractivity contribution is 6.24. The van der Waals surface area contributed by atoms with Gasteiger partial charge in [0.05, 0.1) is 37.6 Å². The molecule has 31 heavy (non-hydrogen) atoms. The lowest BCUT2D eigenvalue weighted by atomic mass is 9.99. The number of piperidine rings is 1. The fourth-order valence-corrected chi connectivity index (χ4v) is 3.70. The van der Waals surface area contributed by atoms with Gasteiger partial charge in [-0.25, -0.2) is 0 Å². The summed E-state index contributed by atoms with van der Waals surface area (Å²) in [7, 11) is 0. The fourth-order valence-electron chi connectivity index (χ4n) is 3.70. The molecule has 1 N–H and O–H groups in total. The maximum Gasteiger partial charge on any atom is 0.262 e. The van der Waals surface area contributed by atoms with Gasteiger partial charge in [0, 0.05) is 19.6 Å². The van der Waals surface area contributed by atoms with Gasteiger partial charge >= 0.3 is 0 Å². The highest BCUT2D eigenvalue weighted by Gasteiger charge is 2.45. The van der Waals surface area contributed by atoms with Crippen LogP contribution in [0.3, 0.4) is 0 Å². The van der Waals surface area contributed by atoms with Crippen molar-refractivity contribution in [1.29, 1.82) is 0 Å². The van der Waals surface area contributed by atoms with E-state index in [4.69, 9.17) is 14.2 Å². The fraction of sp³-hybridized carbons (Fsp3) is 0.500. The van der Waals surface area contributed by atoms with Gasteiger partial charge in [0.25, 0.3) is 11.8 Å². The number of carbonyl (C=O) groups is 4. The predicted molar refractivity (Wildman–Crippen MR) is 109 cm³/mol. The van der Waals surface area contributed by atoms with Gasteiger partial charge in [0.1, 0.15) is 6.04 Å². The molecule has 0 aliphatic carbocycles. The van der Waals surface area contributed by atoms with Crippen molar-refractivity contribution < 1.29 is 33.4 Å². The van der Waals surface area contributed by atoms with Gasteiger partial charge in [-0.2, -0.15) is 0 Å². The number of hydrogen-bond acceptors (Lipinski definition) is 7. The van der Waals surface area contributed by atoms with Crippen molar-refractivity contribution in [2.45, 2.75) is 31.7 Å². The summed E-state index contributed by atoms with van der Waals surface area (Å²) >= 11 is 0. The Morgan fingerprint density at radius 3 is 2.39 bits per heavy atom. The molecule has 3 rings (SSSR count). The van der Waals surface area contributed by atoms with Crippen molar-refractivity contribution in [3.8, 4) is 0 Å². The summed E-state index contributed by atoms with van der Waals surface area (Å²) in [6, 6.07) is 4.18. The van der Waals surface area contributed by atoms with E-state index in [0.29, 0.717) is 63.6 Å². The van der Waals surface area contributed by atoms with E-state index >= 15 is 0 Å². The number of ether oxygens (including phenoxy) is 3. The molecule has 0 saturated carbocycles. The summed E-state index contributed by atoms with van der Waals surface area (Å²) in [5.41, 5.74) is 1.38. The first-order valence-electron chi connectivity index (χ1n) is 10.4. The zero-order valence-corrected chi connectivity index (χ0v) is 17.4. The van der Waals surface area contributed by atoms with E-state index in [1.54, 1.807) is 12.1 Å². The van der Waals surface area contributed by atoms with E-state index in [0.717, 1.165) is 10.5 Å². The summed E-state index contributed by atoms with van der Waals surface area (Å²) in [4.78, 5) is 50.4. The largest absolute Gasteiger partial charge is 0.379 e. The molecule has 4 amide bonds. The van der Waals surface area contributed by atoms with Gasteiger partial charge in [-0.3, -0.25) is 29.4 Å². The summed E-state index contributed by atoms with van der Waals surface area (Å²) in [5.74, 6) is -1.98. The Morgan fingerprint density at radius 1 is 0.968 bits per heavy atom. The summed E-state index contributed by atoms with van der Waals surface area (Å²) in [6.07, 6.45) is 1.47. The van der Waals surface area contributed by atoms with E-state index < -0.39 is 29.7 Å². The van der Waals surface area contributed by atoms with Crippen LogP contribution in [0, 0.1) is 6.92 Å². The van der Waals surface area contributed by atoms with Gasteiger partial charge in [-0.15, -0.1) is 0 Å². The number of amides is 4. The normalized spacial score (nSPS) is 18.5. The molecule has 1 radical (unpaired) electrons. The molecule has 2 aliphatic heterocycles. The molecule has 9 heteroatoms. The summed E-state index contributed by atoms with van der Waals surface area (Å²) in [5, 5.41) is 2.20. The molecular weight excluding hydrogens is 404 g/mol. The zero-order chi connectivity index (χ0) is 22.2. The van der Waals surface area contributed by atoms with E-state index in [9.17, 15) is 19.2 Å². The van der Waals surface area contributed by atoms with Crippen LogP contribution in [0.2, 0.25) is 0 Å². The van der Waals surface area contributed by atoms with Gasteiger partial charge in [0.15, 0.2) is 0 Å². The molecule has 1 fully saturated rings. The molecule has 1 atom stereocenters. The molecule has 2 aliphatic rings. The maximum absolute atomic E-state index is 13.0. The average molecular weight is 431 g/mol. The standard InChI is InChI=1S/C22H27N2O7/c1-2-29-11-12-31-14-13-30-10-4-6-15-5-3-7-16-19(15)22(28)24(21(16)27)17-8-9-18(25)23-20(17)26/h3,5,7,17H,1-2,4,6,8-14H2,(H,23,25,26). The molecule has 2 heterocycles. The lowest BCUT2D eigenvalue weighted by molar-refractivity contribution is -0.136. The highest BCUT2D eigenvalue weighted by atomic mass is 16.5. The number of carbonyl (C=O) groups excluding carboxylic acids is 4. The number of imide groups is 2. The first-order valence-corrected chi connectivity index (χ1v) is 10.4. The quantitative estimate of drug-likeness (QED) is 0.387. The van der Waals surface area contributed by atoms with E-state index in [1.807, 2.05) is 6.07 Å². The number of nitrogens with zero attached hydrogens (tertiary/aromatic N) is 1. The monoisotopic (exact) mass is 431 g/mol. The Balaban J connectivity index is 1.51. The van der Waals surface area contributed by atoms with Crippen molar-refractivity contribution in [2.24, 2.45) is 0 Å². The number of aryl methyl sites for hydroxylation is 1. The second-order valence-corrected chi connectivity index (χ2v) is 7.23. The third kappa shape index (κ3) is 5.55. The minimum absolute atomic E-state index is 0.0978. The van der Waals surface area contributed by atoms with Crippen molar-refractivity contribution >= 4 is 23.6 Å². The van der Waals surface area contributed by atoms with E-state index in [2.05, 4.69) is 12.2 Å². The average Bonchev–Trinajstić information content (AvgIpc) is 3.01. The molecular formula is C22H27N2O7. The first-order chi connectivity index (χ1) is 15.0. The zero-order valence-electron chi connectivity index (χ0n) is 17.4. The van der Waals surface area contributed by atoms with Crippen LogP contribution in [-0.2, 0) is 30.2 Å². The molecule has 0 spiro atoms. The maximum atomic E-state index is 13.0.